The average molecular weight is 522 g/mol. The van der Waals surface area contributed by atoms with Crippen LogP contribution in [0.4, 0.5) is 10.3 Å². The molecule has 3 heterocycles. The summed E-state index contributed by atoms with van der Waals surface area (Å²) in [5.74, 6) is 1.08. The Hall–Kier alpha value is -3.63. The maximum absolute atomic E-state index is 13.0. The minimum absolute atomic E-state index is 0.266. The van der Waals surface area contributed by atoms with Crippen LogP contribution in [-0.2, 0) is 15.6 Å². The largest absolute Gasteiger partial charge is 0.437 e. The summed E-state index contributed by atoms with van der Waals surface area (Å²) in [5, 5.41) is 8.19. The van der Waals surface area contributed by atoms with Gasteiger partial charge in [-0.3, -0.25) is 0 Å². The molecule has 2 aromatic carbocycles. The lowest BCUT2D eigenvalue weighted by Crippen LogP contribution is -2.38. The smallest absolute Gasteiger partial charge is 0.228 e. The number of pyridine rings is 1. The molecule has 0 bridgehead atoms. The fraction of sp³-hybridized carbons (Fsp3) is 0.296. The third kappa shape index (κ3) is 5.70. The Kier molecular flexibility index (Phi) is 7.29. The molecule has 5 rings (SSSR count). The molecular weight excluding hydrogens is 493 g/mol. The molecule has 0 radical (unpaired) electrons. The first kappa shape index (κ1) is 25.0. The number of benzene rings is 2. The van der Waals surface area contributed by atoms with E-state index in [4.69, 9.17) is 9.72 Å². The van der Waals surface area contributed by atoms with Gasteiger partial charge in [-0.05, 0) is 61.0 Å². The summed E-state index contributed by atoms with van der Waals surface area (Å²) < 4.78 is 43.3. The van der Waals surface area contributed by atoms with Crippen LogP contribution in [0.2, 0.25) is 0 Å². The Balaban J connectivity index is 1.50. The molecule has 8 nitrogen and oxygen atoms in total. The van der Waals surface area contributed by atoms with Crippen molar-refractivity contribution in [2.75, 3.05) is 24.4 Å². The number of nitrogens with zero attached hydrogens (tertiary/aromatic N) is 3. The molecule has 0 saturated carbocycles. The Morgan fingerprint density at radius 2 is 1.97 bits per heavy atom. The zero-order valence-electron chi connectivity index (χ0n) is 20.4. The highest BCUT2D eigenvalue weighted by Gasteiger charge is 2.19. The molecule has 1 aliphatic rings. The van der Waals surface area contributed by atoms with Gasteiger partial charge in [0, 0.05) is 30.4 Å². The minimum Gasteiger partial charge on any atom is -0.437 e. The number of halogens is 1. The van der Waals surface area contributed by atoms with Crippen molar-refractivity contribution < 1.29 is 17.5 Å². The summed E-state index contributed by atoms with van der Waals surface area (Å²) in [5.41, 5.74) is 2.73. The third-order valence-corrected chi connectivity index (χ3v) is 7.46. The summed E-state index contributed by atoms with van der Waals surface area (Å²) in [6.45, 7) is 3.80. The van der Waals surface area contributed by atoms with Crippen LogP contribution in [0.5, 0.6) is 11.6 Å². The zero-order chi connectivity index (χ0) is 25.8. The van der Waals surface area contributed by atoms with Crippen molar-refractivity contribution in [3.8, 4) is 22.9 Å². The van der Waals surface area contributed by atoms with Gasteiger partial charge in [0.15, 0.2) is 15.8 Å². The van der Waals surface area contributed by atoms with Gasteiger partial charge in [-0.1, -0.05) is 30.3 Å². The molecule has 0 spiro atoms. The number of nitrogens with one attached hydrogen (secondary N) is 2. The van der Waals surface area contributed by atoms with Crippen LogP contribution >= 0.6 is 0 Å². The van der Waals surface area contributed by atoms with Crippen LogP contribution in [0.25, 0.3) is 22.0 Å². The first-order valence-electron chi connectivity index (χ1n) is 12.1. The van der Waals surface area contributed by atoms with Crippen molar-refractivity contribution in [2.45, 2.75) is 31.6 Å². The molecule has 0 amide bonds. The summed E-state index contributed by atoms with van der Waals surface area (Å²) in [4.78, 5) is 13.6. The maximum atomic E-state index is 13.0. The standard InChI is InChI=1S/C27H28FN5O3S/c1-18-9-10-21-19(16-37(34,35)17-28)5-2-7-22(21)25(18)36-26-23(8-4-13-30-26)24-11-14-31-27(33-24)32-20-6-3-12-29-15-20/h2,4-5,7-11,13-14,20,29H,3,6,12,15-17H2,1H3,(H,31,32,33)/t20-/m0/s1. The fourth-order valence-corrected chi connectivity index (χ4v) is 5.34. The van der Waals surface area contributed by atoms with E-state index in [2.05, 4.69) is 20.6 Å². The van der Waals surface area contributed by atoms with Crippen LogP contribution in [0.15, 0.2) is 60.9 Å². The highest BCUT2D eigenvalue weighted by atomic mass is 32.2. The van der Waals surface area contributed by atoms with Crippen molar-refractivity contribution in [3.63, 3.8) is 0 Å². The molecule has 37 heavy (non-hydrogen) atoms. The maximum Gasteiger partial charge on any atom is 0.228 e. The van der Waals surface area contributed by atoms with Crippen LogP contribution < -0.4 is 15.4 Å². The number of fused-ring (bicyclic) bond motifs is 1. The van der Waals surface area contributed by atoms with E-state index in [1.165, 1.54) is 0 Å². The molecule has 0 aliphatic carbocycles. The second kappa shape index (κ2) is 10.8. The Morgan fingerprint density at radius 3 is 2.78 bits per heavy atom. The highest BCUT2D eigenvalue weighted by molar-refractivity contribution is 7.90. The van der Waals surface area contributed by atoms with Gasteiger partial charge in [0.05, 0.1) is 17.0 Å². The summed E-state index contributed by atoms with van der Waals surface area (Å²) in [6, 6.07) is 13.4. The number of aryl methyl sites for hydroxylation is 1. The second-order valence-corrected chi connectivity index (χ2v) is 11.1. The Morgan fingerprint density at radius 1 is 1.08 bits per heavy atom. The van der Waals surface area contributed by atoms with Crippen LogP contribution in [0, 0.1) is 6.92 Å². The van der Waals surface area contributed by atoms with E-state index >= 15 is 0 Å². The number of anilines is 1. The molecule has 2 aromatic heterocycles. The molecule has 1 aliphatic heterocycles. The lowest BCUT2D eigenvalue weighted by Gasteiger charge is -2.23. The quantitative estimate of drug-likeness (QED) is 0.341. The molecule has 0 unspecified atom stereocenters. The van der Waals surface area contributed by atoms with Gasteiger partial charge in [0.25, 0.3) is 0 Å². The first-order chi connectivity index (χ1) is 17.9. The number of sulfone groups is 1. The van der Waals surface area contributed by atoms with Gasteiger partial charge < -0.3 is 15.4 Å². The SMILES string of the molecule is Cc1ccc2c(CS(=O)(=O)CF)cccc2c1Oc1ncccc1-c1ccnc(N[C@H]2CCCNC2)n1. The molecule has 4 aromatic rings. The fourth-order valence-electron chi connectivity index (χ4n) is 4.54. The number of piperidine rings is 1. The average Bonchev–Trinajstić information content (AvgIpc) is 2.91. The van der Waals surface area contributed by atoms with Crippen LogP contribution in [0.1, 0.15) is 24.0 Å². The monoisotopic (exact) mass is 521 g/mol. The number of alkyl halides is 1. The molecular formula is C27H28FN5O3S. The van der Waals surface area contributed by atoms with E-state index in [-0.39, 0.29) is 11.8 Å². The van der Waals surface area contributed by atoms with Gasteiger partial charge in [-0.25, -0.2) is 27.8 Å². The van der Waals surface area contributed by atoms with E-state index in [1.54, 1.807) is 24.5 Å². The number of hydrogen-bond acceptors (Lipinski definition) is 8. The number of hydrogen-bond donors (Lipinski definition) is 2. The molecule has 1 saturated heterocycles. The van der Waals surface area contributed by atoms with Crippen molar-refractivity contribution in [3.05, 3.63) is 72.1 Å². The topological polar surface area (TPSA) is 106 Å². The zero-order valence-corrected chi connectivity index (χ0v) is 21.3. The predicted molar refractivity (Wildman–Crippen MR) is 142 cm³/mol. The second-order valence-electron chi connectivity index (χ2n) is 9.13. The highest BCUT2D eigenvalue weighted by Crippen LogP contribution is 2.37. The first-order valence-corrected chi connectivity index (χ1v) is 14.0. The van der Waals surface area contributed by atoms with Gasteiger partial charge >= 0.3 is 0 Å². The Bertz CT molecular complexity index is 1520. The van der Waals surface area contributed by atoms with Crippen molar-refractivity contribution in [2.24, 2.45) is 0 Å². The van der Waals surface area contributed by atoms with Crippen molar-refractivity contribution in [1.82, 2.24) is 20.3 Å². The van der Waals surface area contributed by atoms with Gasteiger partial charge in [-0.15, -0.1) is 0 Å². The van der Waals surface area contributed by atoms with Gasteiger partial charge in [-0.2, -0.15) is 0 Å². The van der Waals surface area contributed by atoms with Gasteiger partial charge in [0.1, 0.15) is 5.75 Å². The lowest BCUT2D eigenvalue weighted by molar-refractivity contribution is 0.466. The number of ether oxygens (including phenoxy) is 1. The molecule has 2 N–H and O–H groups in total. The van der Waals surface area contributed by atoms with E-state index < -0.39 is 15.8 Å². The summed E-state index contributed by atoms with van der Waals surface area (Å²) >= 11 is 0. The Labute approximate surface area is 215 Å². The minimum atomic E-state index is -3.85. The van der Waals surface area contributed by atoms with E-state index in [0.29, 0.717) is 39.8 Å². The molecule has 1 atom stereocenters. The van der Waals surface area contributed by atoms with E-state index in [0.717, 1.165) is 36.9 Å². The summed E-state index contributed by atoms with van der Waals surface area (Å²) in [7, 11) is -3.85. The molecule has 1 fully saturated rings. The van der Waals surface area contributed by atoms with Crippen molar-refractivity contribution in [1.29, 1.82) is 0 Å². The number of rotatable bonds is 8. The normalized spacial score (nSPS) is 16.0. The van der Waals surface area contributed by atoms with Crippen molar-refractivity contribution >= 4 is 26.6 Å². The lowest BCUT2D eigenvalue weighted by atomic mass is 10.0. The molecule has 192 valence electrons. The van der Waals surface area contributed by atoms with Gasteiger partial charge in [0.2, 0.25) is 11.8 Å². The van der Waals surface area contributed by atoms with Crippen LogP contribution in [-0.4, -0.2) is 48.5 Å². The molecule has 10 heteroatoms. The number of aromatic nitrogens is 3. The van der Waals surface area contributed by atoms with E-state index in [9.17, 15) is 12.8 Å². The predicted octanol–water partition coefficient (Wildman–Crippen LogP) is 4.80. The van der Waals surface area contributed by atoms with E-state index in [1.807, 2.05) is 43.3 Å². The summed E-state index contributed by atoms with van der Waals surface area (Å²) in [6.07, 6.45) is 5.51. The van der Waals surface area contributed by atoms with Crippen LogP contribution in [0.3, 0.4) is 0 Å². The third-order valence-electron chi connectivity index (χ3n) is 6.37.